The van der Waals surface area contributed by atoms with Crippen molar-refractivity contribution < 1.29 is 4.42 Å². The predicted molar refractivity (Wildman–Crippen MR) is 65.4 cm³/mol. The summed E-state index contributed by atoms with van der Waals surface area (Å²) in [6.07, 6.45) is 4.47. The average Bonchev–Trinajstić information content (AvgIpc) is 2.86. The van der Waals surface area contributed by atoms with Gasteiger partial charge in [0.25, 0.3) is 0 Å². The smallest absolute Gasteiger partial charge is 0.137 e. The van der Waals surface area contributed by atoms with Gasteiger partial charge in [0, 0.05) is 10.9 Å². The minimum atomic E-state index is 0.129. The number of nitrogens with two attached hydrogens (primary N) is 1. The zero-order chi connectivity index (χ0) is 11.2. The molecule has 0 amide bonds. The van der Waals surface area contributed by atoms with Crippen LogP contribution in [0.1, 0.15) is 30.6 Å². The van der Waals surface area contributed by atoms with Crippen LogP contribution in [0.2, 0.25) is 0 Å². The van der Waals surface area contributed by atoms with Gasteiger partial charge < -0.3 is 10.2 Å². The number of fused-ring (bicyclic) bond motifs is 1. The number of para-hydroxylation sites is 1. The highest BCUT2D eigenvalue weighted by Gasteiger charge is 2.37. The van der Waals surface area contributed by atoms with Crippen LogP contribution in [0, 0.1) is 6.92 Å². The molecule has 1 aliphatic rings. The average molecular weight is 215 g/mol. The number of hydrogen-bond acceptors (Lipinski definition) is 2. The minimum Gasteiger partial charge on any atom is -0.461 e. The SMILES string of the molecule is Cc1cc2cccc(CCC3(N)CC3)c2o1. The Morgan fingerprint density at radius 2 is 2.19 bits per heavy atom. The lowest BCUT2D eigenvalue weighted by molar-refractivity contribution is 0.566. The molecule has 0 spiro atoms. The van der Waals surface area contributed by atoms with E-state index in [1.807, 2.05) is 6.92 Å². The van der Waals surface area contributed by atoms with Gasteiger partial charge in [-0.2, -0.15) is 0 Å². The number of rotatable bonds is 3. The Hall–Kier alpha value is -1.28. The highest BCUT2D eigenvalue weighted by atomic mass is 16.3. The predicted octanol–water partition coefficient (Wildman–Crippen LogP) is 3.17. The second kappa shape index (κ2) is 3.36. The van der Waals surface area contributed by atoms with Crippen molar-refractivity contribution >= 4 is 11.0 Å². The van der Waals surface area contributed by atoms with E-state index in [-0.39, 0.29) is 5.54 Å². The summed E-state index contributed by atoms with van der Waals surface area (Å²) in [7, 11) is 0. The topological polar surface area (TPSA) is 39.2 Å². The van der Waals surface area contributed by atoms with Crippen molar-refractivity contribution in [3.8, 4) is 0 Å². The van der Waals surface area contributed by atoms with Crippen LogP contribution in [0.4, 0.5) is 0 Å². The quantitative estimate of drug-likeness (QED) is 0.854. The van der Waals surface area contributed by atoms with Gasteiger partial charge in [-0.1, -0.05) is 18.2 Å². The molecule has 1 aromatic heterocycles. The van der Waals surface area contributed by atoms with Crippen LogP contribution in [0.3, 0.4) is 0 Å². The van der Waals surface area contributed by atoms with Gasteiger partial charge in [0.15, 0.2) is 0 Å². The van der Waals surface area contributed by atoms with Gasteiger partial charge in [-0.3, -0.25) is 0 Å². The first-order chi connectivity index (χ1) is 7.66. The van der Waals surface area contributed by atoms with Crippen molar-refractivity contribution in [3.05, 3.63) is 35.6 Å². The largest absolute Gasteiger partial charge is 0.461 e. The van der Waals surface area contributed by atoms with E-state index in [1.165, 1.54) is 23.8 Å². The lowest BCUT2D eigenvalue weighted by Crippen LogP contribution is -2.22. The van der Waals surface area contributed by atoms with Crippen LogP contribution < -0.4 is 5.73 Å². The first kappa shape index (κ1) is 9.91. The Labute approximate surface area is 95.4 Å². The fourth-order valence-corrected chi connectivity index (χ4v) is 2.24. The van der Waals surface area contributed by atoms with Crippen molar-refractivity contribution in [2.24, 2.45) is 5.73 Å². The molecule has 1 aliphatic carbocycles. The summed E-state index contributed by atoms with van der Waals surface area (Å²) in [5, 5.41) is 1.21. The molecular weight excluding hydrogens is 198 g/mol. The van der Waals surface area contributed by atoms with Crippen molar-refractivity contribution in [1.82, 2.24) is 0 Å². The van der Waals surface area contributed by atoms with Crippen LogP contribution in [-0.4, -0.2) is 5.54 Å². The Kier molecular flexibility index (Phi) is 2.08. The van der Waals surface area contributed by atoms with E-state index in [1.54, 1.807) is 0 Å². The van der Waals surface area contributed by atoms with E-state index in [0.717, 1.165) is 24.2 Å². The summed E-state index contributed by atoms with van der Waals surface area (Å²) < 4.78 is 5.74. The molecule has 2 heteroatoms. The Morgan fingerprint density at radius 1 is 1.38 bits per heavy atom. The molecule has 0 saturated heterocycles. The summed E-state index contributed by atoms with van der Waals surface area (Å²) in [6.45, 7) is 2.00. The van der Waals surface area contributed by atoms with Crippen molar-refractivity contribution in [3.63, 3.8) is 0 Å². The van der Waals surface area contributed by atoms with E-state index in [4.69, 9.17) is 10.2 Å². The molecule has 0 bridgehead atoms. The maximum atomic E-state index is 6.11. The summed E-state index contributed by atoms with van der Waals surface area (Å²) in [4.78, 5) is 0. The maximum absolute atomic E-state index is 6.11. The third-order valence-electron chi connectivity index (χ3n) is 3.53. The monoisotopic (exact) mass is 215 g/mol. The number of aryl methyl sites for hydroxylation is 2. The standard InChI is InChI=1S/C14H17NO/c1-10-9-12-4-2-3-11(13(12)16-10)5-6-14(15)7-8-14/h2-4,9H,5-8,15H2,1H3. The lowest BCUT2D eigenvalue weighted by atomic mass is 10.0. The third kappa shape index (κ3) is 1.74. The summed E-state index contributed by atoms with van der Waals surface area (Å²) in [6, 6.07) is 8.44. The minimum absolute atomic E-state index is 0.129. The van der Waals surface area contributed by atoms with E-state index in [2.05, 4.69) is 24.3 Å². The molecule has 2 aromatic rings. The van der Waals surface area contributed by atoms with Crippen LogP contribution in [0.5, 0.6) is 0 Å². The number of furan rings is 1. The molecule has 84 valence electrons. The molecule has 0 unspecified atom stereocenters. The zero-order valence-electron chi connectivity index (χ0n) is 9.62. The van der Waals surface area contributed by atoms with Gasteiger partial charge in [0.2, 0.25) is 0 Å². The lowest BCUT2D eigenvalue weighted by Gasteiger charge is -2.08. The zero-order valence-corrected chi connectivity index (χ0v) is 9.62. The molecule has 1 saturated carbocycles. The van der Waals surface area contributed by atoms with E-state index in [9.17, 15) is 0 Å². The summed E-state index contributed by atoms with van der Waals surface area (Å²) >= 11 is 0. The summed E-state index contributed by atoms with van der Waals surface area (Å²) in [5.74, 6) is 0.983. The first-order valence-corrected chi connectivity index (χ1v) is 5.93. The molecule has 16 heavy (non-hydrogen) atoms. The molecule has 1 fully saturated rings. The molecule has 2 nitrogen and oxygen atoms in total. The fraction of sp³-hybridized carbons (Fsp3) is 0.429. The normalized spacial score (nSPS) is 17.9. The maximum Gasteiger partial charge on any atom is 0.137 e. The third-order valence-corrected chi connectivity index (χ3v) is 3.53. The van der Waals surface area contributed by atoms with Crippen LogP contribution >= 0.6 is 0 Å². The van der Waals surface area contributed by atoms with Gasteiger partial charge in [-0.05, 0) is 44.2 Å². The van der Waals surface area contributed by atoms with Crippen molar-refractivity contribution in [2.45, 2.75) is 38.1 Å². The van der Waals surface area contributed by atoms with Gasteiger partial charge in [0.05, 0.1) is 0 Å². The molecular formula is C14H17NO. The highest BCUT2D eigenvalue weighted by Crippen LogP contribution is 2.37. The van der Waals surface area contributed by atoms with Crippen LogP contribution in [0.25, 0.3) is 11.0 Å². The van der Waals surface area contributed by atoms with Crippen LogP contribution in [-0.2, 0) is 6.42 Å². The van der Waals surface area contributed by atoms with Gasteiger partial charge in [-0.25, -0.2) is 0 Å². The number of hydrogen-bond donors (Lipinski definition) is 1. The van der Waals surface area contributed by atoms with E-state index < -0.39 is 0 Å². The van der Waals surface area contributed by atoms with Crippen molar-refractivity contribution in [1.29, 1.82) is 0 Å². The van der Waals surface area contributed by atoms with E-state index >= 15 is 0 Å². The van der Waals surface area contributed by atoms with Gasteiger partial charge in [0.1, 0.15) is 11.3 Å². The second-order valence-corrected chi connectivity index (χ2v) is 5.05. The highest BCUT2D eigenvalue weighted by molar-refractivity contribution is 5.81. The van der Waals surface area contributed by atoms with Crippen LogP contribution in [0.15, 0.2) is 28.7 Å². The molecule has 1 heterocycles. The van der Waals surface area contributed by atoms with Gasteiger partial charge in [-0.15, -0.1) is 0 Å². The molecule has 2 N–H and O–H groups in total. The molecule has 0 aliphatic heterocycles. The fourth-order valence-electron chi connectivity index (χ4n) is 2.24. The second-order valence-electron chi connectivity index (χ2n) is 5.05. The Balaban J connectivity index is 1.90. The van der Waals surface area contributed by atoms with Gasteiger partial charge >= 0.3 is 0 Å². The molecule has 3 rings (SSSR count). The molecule has 0 atom stereocenters. The number of benzene rings is 1. The Morgan fingerprint density at radius 3 is 2.94 bits per heavy atom. The Bertz CT molecular complexity index is 523. The first-order valence-electron chi connectivity index (χ1n) is 5.93. The summed E-state index contributed by atoms with van der Waals surface area (Å²) in [5.41, 5.74) is 8.58. The molecule has 1 aromatic carbocycles. The van der Waals surface area contributed by atoms with Crippen molar-refractivity contribution in [2.75, 3.05) is 0 Å². The molecule has 0 radical (unpaired) electrons. The van der Waals surface area contributed by atoms with E-state index in [0.29, 0.717) is 0 Å².